The number of nitrogen functional groups attached to an aromatic ring is 1. The highest BCUT2D eigenvalue weighted by Gasteiger charge is 2.16. The SMILES string of the molecule is Cc1c(N)cccc1S(=O)(=O)NCCOCCC(C)C. The summed E-state index contributed by atoms with van der Waals surface area (Å²) in [6.07, 6.45) is 0.973. The molecule has 20 heavy (non-hydrogen) atoms. The summed E-state index contributed by atoms with van der Waals surface area (Å²) in [6, 6.07) is 4.87. The van der Waals surface area contributed by atoms with Gasteiger partial charge in [-0.1, -0.05) is 19.9 Å². The van der Waals surface area contributed by atoms with Crippen molar-refractivity contribution in [3.05, 3.63) is 23.8 Å². The fourth-order valence-electron chi connectivity index (χ4n) is 1.67. The van der Waals surface area contributed by atoms with E-state index in [1.165, 1.54) is 0 Å². The first-order chi connectivity index (χ1) is 9.34. The van der Waals surface area contributed by atoms with Crippen molar-refractivity contribution in [2.45, 2.75) is 32.1 Å². The van der Waals surface area contributed by atoms with Crippen molar-refractivity contribution in [3.8, 4) is 0 Å². The molecule has 1 rings (SSSR count). The summed E-state index contributed by atoms with van der Waals surface area (Å²) < 4.78 is 32.1. The Hall–Kier alpha value is -1.11. The molecule has 0 aliphatic carbocycles. The van der Waals surface area contributed by atoms with Crippen molar-refractivity contribution >= 4 is 15.7 Å². The van der Waals surface area contributed by atoms with Crippen molar-refractivity contribution in [1.29, 1.82) is 0 Å². The predicted octanol–water partition coefficient (Wildman–Crippen LogP) is 1.92. The largest absolute Gasteiger partial charge is 0.398 e. The zero-order valence-electron chi connectivity index (χ0n) is 12.3. The molecule has 0 heterocycles. The maximum Gasteiger partial charge on any atom is 0.240 e. The Balaban J connectivity index is 2.48. The van der Waals surface area contributed by atoms with Crippen LogP contribution < -0.4 is 10.5 Å². The fourth-order valence-corrected chi connectivity index (χ4v) is 2.96. The van der Waals surface area contributed by atoms with Crippen LogP contribution in [0.15, 0.2) is 23.1 Å². The normalized spacial score (nSPS) is 12.0. The first-order valence-corrected chi connectivity index (χ1v) is 8.25. The number of rotatable bonds is 8. The summed E-state index contributed by atoms with van der Waals surface area (Å²) in [7, 11) is -3.53. The molecule has 0 aromatic heterocycles. The molecule has 1 aromatic carbocycles. The molecule has 0 bridgehead atoms. The molecular weight excluding hydrogens is 276 g/mol. The standard InChI is InChI=1S/C14H24N2O3S/c1-11(2)7-9-19-10-8-16-20(17,18)14-6-4-5-13(15)12(14)3/h4-6,11,16H,7-10,15H2,1-3H3. The maximum atomic E-state index is 12.1. The number of hydrogen-bond donors (Lipinski definition) is 2. The van der Waals surface area contributed by atoms with E-state index in [9.17, 15) is 8.42 Å². The lowest BCUT2D eigenvalue weighted by molar-refractivity contribution is 0.128. The van der Waals surface area contributed by atoms with Crippen LogP contribution in [0.5, 0.6) is 0 Å². The van der Waals surface area contributed by atoms with Crippen LogP contribution in [0.2, 0.25) is 0 Å². The number of ether oxygens (including phenoxy) is 1. The average molecular weight is 300 g/mol. The summed E-state index contributed by atoms with van der Waals surface area (Å²) in [6.45, 7) is 7.21. The van der Waals surface area contributed by atoms with Crippen molar-refractivity contribution in [2.75, 3.05) is 25.5 Å². The van der Waals surface area contributed by atoms with E-state index in [2.05, 4.69) is 18.6 Å². The van der Waals surface area contributed by atoms with Crippen LogP contribution in [-0.2, 0) is 14.8 Å². The van der Waals surface area contributed by atoms with Gasteiger partial charge in [0, 0.05) is 18.8 Å². The Kier molecular flexibility index (Phi) is 6.45. The Morgan fingerprint density at radius 1 is 1.30 bits per heavy atom. The molecule has 0 aliphatic heterocycles. The lowest BCUT2D eigenvalue weighted by atomic mass is 10.1. The molecule has 0 aliphatic rings. The van der Waals surface area contributed by atoms with E-state index in [1.54, 1.807) is 25.1 Å². The molecule has 3 N–H and O–H groups in total. The van der Waals surface area contributed by atoms with E-state index in [0.717, 1.165) is 6.42 Å². The quantitative estimate of drug-likeness (QED) is 0.567. The highest BCUT2D eigenvalue weighted by molar-refractivity contribution is 7.89. The maximum absolute atomic E-state index is 12.1. The lowest BCUT2D eigenvalue weighted by Crippen LogP contribution is -2.28. The van der Waals surface area contributed by atoms with Gasteiger partial charge in [0.1, 0.15) is 0 Å². The van der Waals surface area contributed by atoms with Crippen LogP contribution in [-0.4, -0.2) is 28.2 Å². The average Bonchev–Trinajstić information content (AvgIpc) is 2.36. The van der Waals surface area contributed by atoms with E-state index in [-0.39, 0.29) is 11.4 Å². The fraction of sp³-hybridized carbons (Fsp3) is 0.571. The lowest BCUT2D eigenvalue weighted by Gasteiger charge is -2.11. The van der Waals surface area contributed by atoms with Crippen molar-refractivity contribution in [2.24, 2.45) is 5.92 Å². The highest BCUT2D eigenvalue weighted by atomic mass is 32.2. The first-order valence-electron chi connectivity index (χ1n) is 6.77. The van der Waals surface area contributed by atoms with Crippen molar-refractivity contribution in [3.63, 3.8) is 0 Å². The summed E-state index contributed by atoms with van der Waals surface area (Å²) in [4.78, 5) is 0.222. The zero-order chi connectivity index (χ0) is 15.2. The molecule has 0 saturated heterocycles. The molecule has 0 atom stereocenters. The summed E-state index contributed by atoms with van der Waals surface area (Å²) in [5.41, 5.74) is 6.77. The van der Waals surface area contributed by atoms with Gasteiger partial charge in [0.25, 0.3) is 0 Å². The third kappa shape index (κ3) is 5.11. The van der Waals surface area contributed by atoms with E-state index in [1.807, 2.05) is 0 Å². The van der Waals surface area contributed by atoms with Crippen LogP contribution in [0.25, 0.3) is 0 Å². The zero-order valence-corrected chi connectivity index (χ0v) is 13.2. The highest BCUT2D eigenvalue weighted by Crippen LogP contribution is 2.19. The monoisotopic (exact) mass is 300 g/mol. The van der Waals surface area contributed by atoms with E-state index < -0.39 is 10.0 Å². The van der Waals surface area contributed by atoms with Crippen LogP contribution >= 0.6 is 0 Å². The molecule has 114 valence electrons. The second-order valence-electron chi connectivity index (χ2n) is 5.16. The van der Waals surface area contributed by atoms with E-state index in [4.69, 9.17) is 10.5 Å². The number of hydrogen-bond acceptors (Lipinski definition) is 4. The van der Waals surface area contributed by atoms with Gasteiger partial charge in [0.15, 0.2) is 0 Å². The number of nitrogens with one attached hydrogen (secondary N) is 1. The van der Waals surface area contributed by atoms with Gasteiger partial charge in [0.05, 0.1) is 11.5 Å². The molecule has 0 saturated carbocycles. The topological polar surface area (TPSA) is 81.4 Å². The summed E-state index contributed by atoms with van der Waals surface area (Å²) in [5, 5.41) is 0. The molecule has 0 spiro atoms. The second-order valence-corrected chi connectivity index (χ2v) is 6.90. The van der Waals surface area contributed by atoms with Crippen molar-refractivity contribution in [1.82, 2.24) is 4.72 Å². The van der Waals surface area contributed by atoms with E-state index >= 15 is 0 Å². The molecule has 0 amide bonds. The van der Waals surface area contributed by atoms with Gasteiger partial charge in [0.2, 0.25) is 10.0 Å². The third-order valence-electron chi connectivity index (χ3n) is 2.99. The Morgan fingerprint density at radius 3 is 2.65 bits per heavy atom. The van der Waals surface area contributed by atoms with Crippen LogP contribution in [0.4, 0.5) is 5.69 Å². The molecule has 0 fully saturated rings. The molecule has 5 nitrogen and oxygen atoms in total. The van der Waals surface area contributed by atoms with Gasteiger partial charge in [-0.3, -0.25) is 0 Å². The van der Waals surface area contributed by atoms with Gasteiger partial charge >= 0.3 is 0 Å². The van der Waals surface area contributed by atoms with E-state index in [0.29, 0.717) is 30.4 Å². The third-order valence-corrected chi connectivity index (χ3v) is 4.60. The minimum Gasteiger partial charge on any atom is -0.398 e. The van der Waals surface area contributed by atoms with Crippen LogP contribution in [0.1, 0.15) is 25.8 Å². The number of sulfonamides is 1. The molecular formula is C14H24N2O3S. The Bertz CT molecular complexity index is 527. The number of nitrogens with two attached hydrogens (primary N) is 1. The van der Waals surface area contributed by atoms with Gasteiger partial charge in [-0.25, -0.2) is 13.1 Å². The summed E-state index contributed by atoms with van der Waals surface area (Å²) in [5.74, 6) is 0.585. The smallest absolute Gasteiger partial charge is 0.240 e. The molecule has 1 aromatic rings. The molecule has 0 unspecified atom stereocenters. The molecule has 6 heteroatoms. The van der Waals surface area contributed by atoms with Gasteiger partial charge < -0.3 is 10.5 Å². The van der Waals surface area contributed by atoms with Gasteiger partial charge in [-0.05, 0) is 37.0 Å². The minimum atomic E-state index is -3.53. The Morgan fingerprint density at radius 2 is 2.00 bits per heavy atom. The number of anilines is 1. The van der Waals surface area contributed by atoms with Crippen LogP contribution in [0.3, 0.4) is 0 Å². The van der Waals surface area contributed by atoms with Crippen LogP contribution in [0, 0.1) is 12.8 Å². The van der Waals surface area contributed by atoms with Gasteiger partial charge in [-0.2, -0.15) is 0 Å². The Labute approximate surface area is 121 Å². The second kappa shape index (κ2) is 7.61. The van der Waals surface area contributed by atoms with Gasteiger partial charge in [-0.15, -0.1) is 0 Å². The summed E-state index contributed by atoms with van der Waals surface area (Å²) >= 11 is 0. The van der Waals surface area contributed by atoms with Crippen molar-refractivity contribution < 1.29 is 13.2 Å². The first kappa shape index (κ1) is 16.9. The minimum absolute atomic E-state index is 0.222. The number of benzene rings is 1. The molecule has 0 radical (unpaired) electrons. The predicted molar refractivity (Wildman–Crippen MR) is 81.1 cm³/mol.